The van der Waals surface area contributed by atoms with Crippen LogP contribution in [-0.2, 0) is 6.42 Å². The van der Waals surface area contributed by atoms with Crippen LogP contribution in [-0.4, -0.2) is 22.5 Å². The summed E-state index contributed by atoms with van der Waals surface area (Å²) in [5, 5.41) is 12.7. The maximum Gasteiger partial charge on any atom is 0.202 e. The van der Waals surface area contributed by atoms with Crippen molar-refractivity contribution in [2.75, 3.05) is 18.5 Å². The second kappa shape index (κ2) is 7.60. The number of nitrogens with zero attached hydrogens (tertiary/aromatic N) is 3. The maximum atomic E-state index is 8.71. The highest BCUT2D eigenvalue weighted by atomic mass is 32.1. The van der Waals surface area contributed by atoms with E-state index in [0.717, 1.165) is 23.1 Å². The molecule has 0 amide bonds. The summed E-state index contributed by atoms with van der Waals surface area (Å²) >= 11 is 1.38. The van der Waals surface area contributed by atoms with E-state index in [1.165, 1.54) is 11.5 Å². The molecule has 0 saturated heterocycles. The van der Waals surface area contributed by atoms with Crippen LogP contribution in [0.5, 0.6) is 5.75 Å². The van der Waals surface area contributed by atoms with Gasteiger partial charge in [-0.15, -0.1) is 0 Å². The predicted octanol–water partition coefficient (Wildman–Crippen LogP) is 3.10. The van der Waals surface area contributed by atoms with E-state index in [2.05, 4.69) is 34.6 Å². The second-order valence-corrected chi connectivity index (χ2v) is 5.78. The first-order valence-corrected chi connectivity index (χ1v) is 7.64. The fourth-order valence-corrected chi connectivity index (χ4v) is 2.35. The summed E-state index contributed by atoms with van der Waals surface area (Å²) in [6.45, 7) is 5.50. The number of nitriles is 1. The Morgan fingerprint density at radius 2 is 2.10 bits per heavy atom. The molecule has 0 saturated carbocycles. The fourth-order valence-electron chi connectivity index (χ4n) is 1.73. The number of hydrogen-bond donors (Lipinski definition) is 1. The molecule has 0 aliphatic rings. The Bertz CT molecular complexity index is 601. The van der Waals surface area contributed by atoms with Crippen LogP contribution in [0, 0.1) is 17.2 Å². The Labute approximate surface area is 128 Å². The molecule has 21 heavy (non-hydrogen) atoms. The van der Waals surface area contributed by atoms with Crippen molar-refractivity contribution in [2.45, 2.75) is 20.3 Å². The molecule has 2 rings (SSSR count). The van der Waals surface area contributed by atoms with Gasteiger partial charge in [0.2, 0.25) is 5.13 Å². The van der Waals surface area contributed by atoms with Crippen molar-refractivity contribution < 1.29 is 4.74 Å². The van der Waals surface area contributed by atoms with E-state index >= 15 is 0 Å². The molecule has 0 spiro atoms. The van der Waals surface area contributed by atoms with Gasteiger partial charge in [-0.05, 0) is 30.2 Å². The van der Waals surface area contributed by atoms with Gasteiger partial charge in [-0.25, -0.2) is 4.98 Å². The maximum absolute atomic E-state index is 8.71. The number of hydrogen-bond acceptors (Lipinski definition) is 6. The zero-order valence-electron chi connectivity index (χ0n) is 12.2. The number of ether oxygens (including phenoxy) is 1. The molecule has 110 valence electrons. The molecular formula is C15H18N4OS. The summed E-state index contributed by atoms with van der Waals surface area (Å²) in [4.78, 5) is 4.42. The van der Waals surface area contributed by atoms with Crippen LogP contribution in [0.2, 0.25) is 0 Å². The molecule has 0 radical (unpaired) electrons. The third-order valence-corrected chi connectivity index (χ3v) is 3.40. The standard InChI is InChI=1S/C15H18N4OS/c1-11(2)9-14-18-15(21-19-14)17-7-8-20-13-5-3-12(10-16)4-6-13/h3-6,11H,7-9H2,1-2H3,(H,17,18,19). The van der Waals surface area contributed by atoms with Gasteiger partial charge in [-0.2, -0.15) is 9.64 Å². The van der Waals surface area contributed by atoms with E-state index in [4.69, 9.17) is 10.00 Å². The molecular weight excluding hydrogens is 284 g/mol. The van der Waals surface area contributed by atoms with E-state index in [1.54, 1.807) is 24.3 Å². The summed E-state index contributed by atoms with van der Waals surface area (Å²) in [6, 6.07) is 9.15. The van der Waals surface area contributed by atoms with Crippen molar-refractivity contribution in [1.29, 1.82) is 5.26 Å². The molecule has 0 atom stereocenters. The smallest absolute Gasteiger partial charge is 0.202 e. The molecule has 6 heteroatoms. The Morgan fingerprint density at radius 1 is 1.33 bits per heavy atom. The van der Waals surface area contributed by atoms with Gasteiger partial charge in [0.15, 0.2) is 0 Å². The van der Waals surface area contributed by atoms with Crippen molar-refractivity contribution >= 4 is 16.7 Å². The minimum atomic E-state index is 0.533. The summed E-state index contributed by atoms with van der Waals surface area (Å²) < 4.78 is 9.89. The van der Waals surface area contributed by atoms with Gasteiger partial charge < -0.3 is 10.1 Å². The normalized spacial score (nSPS) is 10.4. The lowest BCUT2D eigenvalue weighted by molar-refractivity contribution is 0.333. The van der Waals surface area contributed by atoms with Crippen molar-refractivity contribution in [3.8, 4) is 11.8 Å². The molecule has 0 fully saturated rings. The van der Waals surface area contributed by atoms with E-state index in [-0.39, 0.29) is 0 Å². The van der Waals surface area contributed by atoms with Crippen molar-refractivity contribution in [3.63, 3.8) is 0 Å². The SMILES string of the molecule is CC(C)Cc1nsc(NCCOc2ccc(C#N)cc2)n1. The highest BCUT2D eigenvalue weighted by molar-refractivity contribution is 7.09. The van der Waals surface area contributed by atoms with E-state index in [9.17, 15) is 0 Å². The van der Waals surface area contributed by atoms with Gasteiger partial charge in [0.05, 0.1) is 18.2 Å². The third kappa shape index (κ3) is 5.04. The lowest BCUT2D eigenvalue weighted by Gasteiger charge is -2.06. The molecule has 0 bridgehead atoms. The van der Waals surface area contributed by atoms with Crippen molar-refractivity contribution in [2.24, 2.45) is 5.92 Å². The van der Waals surface area contributed by atoms with Crippen LogP contribution in [0.15, 0.2) is 24.3 Å². The lowest BCUT2D eigenvalue weighted by atomic mass is 10.1. The van der Waals surface area contributed by atoms with Crippen LogP contribution < -0.4 is 10.1 Å². The molecule has 0 aliphatic carbocycles. The fraction of sp³-hybridized carbons (Fsp3) is 0.400. The van der Waals surface area contributed by atoms with E-state index in [1.807, 2.05) is 0 Å². The third-order valence-electron chi connectivity index (χ3n) is 2.69. The molecule has 1 aromatic carbocycles. The Kier molecular flexibility index (Phi) is 5.52. The van der Waals surface area contributed by atoms with Gasteiger partial charge in [0.1, 0.15) is 18.2 Å². The van der Waals surface area contributed by atoms with E-state index < -0.39 is 0 Å². The summed E-state index contributed by atoms with van der Waals surface area (Å²) in [6.07, 6.45) is 0.903. The van der Waals surface area contributed by atoms with Gasteiger partial charge >= 0.3 is 0 Å². The summed E-state index contributed by atoms with van der Waals surface area (Å²) in [5.41, 5.74) is 0.631. The Morgan fingerprint density at radius 3 is 2.76 bits per heavy atom. The van der Waals surface area contributed by atoms with Crippen LogP contribution in [0.1, 0.15) is 25.2 Å². The number of rotatable bonds is 7. The first-order valence-electron chi connectivity index (χ1n) is 6.87. The lowest BCUT2D eigenvalue weighted by Crippen LogP contribution is -2.11. The monoisotopic (exact) mass is 302 g/mol. The van der Waals surface area contributed by atoms with Crippen LogP contribution in [0.4, 0.5) is 5.13 Å². The first kappa shape index (κ1) is 15.3. The quantitative estimate of drug-likeness (QED) is 0.796. The van der Waals surface area contributed by atoms with Crippen LogP contribution in [0.25, 0.3) is 0 Å². The number of aromatic nitrogens is 2. The highest BCUT2D eigenvalue weighted by Crippen LogP contribution is 2.14. The minimum absolute atomic E-state index is 0.533. The number of benzene rings is 1. The molecule has 1 N–H and O–H groups in total. The van der Waals surface area contributed by atoms with Gasteiger partial charge in [-0.1, -0.05) is 13.8 Å². The van der Waals surface area contributed by atoms with Crippen molar-refractivity contribution in [1.82, 2.24) is 9.36 Å². The molecule has 2 aromatic rings. The Balaban J connectivity index is 1.71. The summed E-state index contributed by atoms with van der Waals surface area (Å²) in [5.74, 6) is 2.21. The first-order chi connectivity index (χ1) is 10.2. The van der Waals surface area contributed by atoms with Gasteiger partial charge in [0, 0.05) is 18.0 Å². The molecule has 1 heterocycles. The van der Waals surface area contributed by atoms with E-state index in [0.29, 0.717) is 24.6 Å². The predicted molar refractivity (Wildman–Crippen MR) is 83.6 cm³/mol. The zero-order chi connectivity index (χ0) is 15.1. The molecule has 0 unspecified atom stereocenters. The van der Waals surface area contributed by atoms with Crippen LogP contribution >= 0.6 is 11.5 Å². The largest absolute Gasteiger partial charge is 0.492 e. The van der Waals surface area contributed by atoms with Gasteiger partial charge in [0.25, 0.3) is 0 Å². The van der Waals surface area contributed by atoms with Crippen LogP contribution in [0.3, 0.4) is 0 Å². The molecule has 0 aliphatic heterocycles. The summed E-state index contributed by atoms with van der Waals surface area (Å²) in [7, 11) is 0. The second-order valence-electron chi connectivity index (χ2n) is 5.03. The molecule has 1 aromatic heterocycles. The average molecular weight is 302 g/mol. The number of anilines is 1. The van der Waals surface area contributed by atoms with Gasteiger partial charge in [-0.3, -0.25) is 0 Å². The molecule has 5 nitrogen and oxygen atoms in total. The zero-order valence-corrected chi connectivity index (χ0v) is 13.0. The minimum Gasteiger partial charge on any atom is -0.492 e. The average Bonchev–Trinajstić information content (AvgIpc) is 2.91. The number of nitrogens with one attached hydrogen (secondary N) is 1. The van der Waals surface area contributed by atoms with Crippen molar-refractivity contribution in [3.05, 3.63) is 35.7 Å². The Hall–Kier alpha value is -2.13. The highest BCUT2D eigenvalue weighted by Gasteiger charge is 2.05. The topological polar surface area (TPSA) is 70.8 Å².